The molecule has 0 radical (unpaired) electrons. The molecule has 8 nitrogen and oxygen atoms in total. The highest BCUT2D eigenvalue weighted by molar-refractivity contribution is 7.92. The number of nitrogens with one attached hydrogen (secondary N) is 1. The summed E-state index contributed by atoms with van der Waals surface area (Å²) < 4.78 is 68.3. The molecular formula is C28H20ClF3N2O6S. The van der Waals surface area contributed by atoms with Crippen molar-refractivity contribution in [1.29, 1.82) is 0 Å². The van der Waals surface area contributed by atoms with Crippen molar-refractivity contribution in [3.05, 3.63) is 113 Å². The zero-order valence-electron chi connectivity index (χ0n) is 21.0. The molecule has 0 saturated heterocycles. The number of carboxylic acids is 1. The number of halogens is 4. The molecule has 2 N–H and O–H groups in total. The van der Waals surface area contributed by atoms with Crippen LogP contribution >= 0.6 is 11.6 Å². The highest BCUT2D eigenvalue weighted by Crippen LogP contribution is 2.29. The van der Waals surface area contributed by atoms with Crippen molar-refractivity contribution in [2.45, 2.75) is 11.3 Å². The van der Waals surface area contributed by atoms with E-state index in [1.165, 1.54) is 36.4 Å². The lowest BCUT2D eigenvalue weighted by Gasteiger charge is -2.21. The zero-order valence-corrected chi connectivity index (χ0v) is 22.6. The minimum Gasteiger partial charge on any atom is -0.478 e. The second kappa shape index (κ2) is 11.5. The normalized spacial score (nSPS) is 11.5. The quantitative estimate of drug-likeness (QED) is 0.204. The Bertz CT molecular complexity index is 1690. The van der Waals surface area contributed by atoms with Crippen molar-refractivity contribution in [1.82, 2.24) is 0 Å². The van der Waals surface area contributed by atoms with Crippen molar-refractivity contribution >= 4 is 50.4 Å². The van der Waals surface area contributed by atoms with Crippen LogP contribution in [0.3, 0.4) is 0 Å². The molecule has 0 aliphatic heterocycles. The third kappa shape index (κ3) is 7.16. The van der Waals surface area contributed by atoms with Gasteiger partial charge in [-0.05, 0) is 91.0 Å². The lowest BCUT2D eigenvalue weighted by molar-refractivity contribution is -0.274. The Morgan fingerprint density at radius 2 is 1.44 bits per heavy atom. The van der Waals surface area contributed by atoms with E-state index in [9.17, 15) is 36.3 Å². The number of carbonyl (C=O) groups is 2. The molecular weight excluding hydrogens is 585 g/mol. The van der Waals surface area contributed by atoms with Crippen LogP contribution < -0.4 is 14.4 Å². The highest BCUT2D eigenvalue weighted by atomic mass is 35.5. The van der Waals surface area contributed by atoms with E-state index in [0.717, 1.165) is 30.0 Å². The first kappa shape index (κ1) is 29.4. The summed E-state index contributed by atoms with van der Waals surface area (Å²) in [5.74, 6) is -2.49. The fourth-order valence-corrected chi connectivity index (χ4v) is 4.99. The maximum absolute atomic E-state index is 13.2. The number of anilines is 3. The Hall–Kier alpha value is -4.55. The van der Waals surface area contributed by atoms with Crippen LogP contribution in [0.1, 0.15) is 26.3 Å². The van der Waals surface area contributed by atoms with Crippen molar-refractivity contribution in [2.24, 2.45) is 0 Å². The molecule has 0 atom stereocenters. The summed E-state index contributed by atoms with van der Waals surface area (Å²) in [7, 11) is -2.44. The van der Waals surface area contributed by atoms with Gasteiger partial charge in [0.2, 0.25) is 0 Å². The van der Waals surface area contributed by atoms with Crippen LogP contribution in [-0.2, 0) is 10.0 Å². The summed E-state index contributed by atoms with van der Waals surface area (Å²) in [6.45, 7) is 0. The van der Waals surface area contributed by atoms with Crippen molar-refractivity contribution in [2.75, 3.05) is 16.7 Å². The predicted molar refractivity (Wildman–Crippen MR) is 147 cm³/mol. The number of aromatic carboxylic acids is 1. The lowest BCUT2D eigenvalue weighted by Crippen LogP contribution is -2.17. The van der Waals surface area contributed by atoms with Gasteiger partial charge in [-0.25, -0.2) is 13.2 Å². The van der Waals surface area contributed by atoms with Gasteiger partial charge in [-0.2, -0.15) is 0 Å². The van der Waals surface area contributed by atoms with Crippen molar-refractivity contribution in [3.63, 3.8) is 0 Å². The van der Waals surface area contributed by atoms with Crippen LogP contribution in [0.25, 0.3) is 0 Å². The fraction of sp³-hybridized carbons (Fsp3) is 0.0714. The molecule has 0 amide bonds. The molecule has 0 unspecified atom stereocenters. The molecule has 4 aromatic carbocycles. The van der Waals surface area contributed by atoms with Gasteiger partial charge in [0.1, 0.15) is 5.75 Å². The van der Waals surface area contributed by atoms with Crippen LogP contribution in [-0.4, -0.2) is 38.7 Å². The second-order valence-corrected chi connectivity index (χ2v) is 10.7. The number of carboxylic acid groups (broad SMARTS) is 1. The number of hydrogen-bond donors (Lipinski definition) is 2. The number of alkyl halides is 3. The molecule has 0 spiro atoms. The summed E-state index contributed by atoms with van der Waals surface area (Å²) >= 11 is 5.93. The highest BCUT2D eigenvalue weighted by Gasteiger charge is 2.31. The molecule has 4 rings (SSSR count). The van der Waals surface area contributed by atoms with Crippen molar-refractivity contribution < 1.29 is 41.0 Å². The van der Waals surface area contributed by atoms with E-state index < -0.39 is 33.9 Å². The topological polar surface area (TPSA) is 113 Å². The lowest BCUT2D eigenvalue weighted by atomic mass is 9.97. The van der Waals surface area contributed by atoms with E-state index in [4.69, 9.17) is 11.6 Å². The first-order chi connectivity index (χ1) is 19.2. The predicted octanol–water partition coefficient (Wildman–Crippen LogP) is 6.74. The third-order valence-corrected chi connectivity index (χ3v) is 7.50. The molecule has 0 fully saturated rings. The van der Waals surface area contributed by atoms with Crippen LogP contribution in [0.15, 0.2) is 95.9 Å². The average Bonchev–Trinajstić information content (AvgIpc) is 2.92. The Morgan fingerprint density at radius 3 is 2.00 bits per heavy atom. The van der Waals surface area contributed by atoms with Gasteiger partial charge in [0, 0.05) is 40.3 Å². The molecule has 0 bridgehead atoms. The van der Waals surface area contributed by atoms with Crippen LogP contribution in [0.2, 0.25) is 5.02 Å². The third-order valence-electron chi connectivity index (χ3n) is 5.85. The van der Waals surface area contributed by atoms with Gasteiger partial charge in [0.05, 0.1) is 10.5 Å². The largest absolute Gasteiger partial charge is 0.573 e. The number of rotatable bonds is 9. The molecule has 0 aromatic heterocycles. The molecule has 4 aromatic rings. The average molecular weight is 605 g/mol. The van der Waals surface area contributed by atoms with E-state index in [-0.39, 0.29) is 27.3 Å². The summed E-state index contributed by atoms with van der Waals surface area (Å²) in [6.07, 6.45) is -4.92. The Labute approximate surface area is 237 Å². The van der Waals surface area contributed by atoms with Gasteiger partial charge in [-0.3, -0.25) is 9.52 Å². The molecule has 0 saturated carbocycles. The molecule has 212 valence electrons. The van der Waals surface area contributed by atoms with Crippen LogP contribution in [0.5, 0.6) is 5.75 Å². The van der Waals surface area contributed by atoms with E-state index in [1.807, 2.05) is 0 Å². The van der Waals surface area contributed by atoms with Crippen LogP contribution in [0, 0.1) is 0 Å². The van der Waals surface area contributed by atoms with E-state index in [2.05, 4.69) is 9.46 Å². The minimum absolute atomic E-state index is 0.0653. The standard InChI is InChI=1S/C28H20ClF3N2O6S/c1-34(20-8-4-18(29)5-9-20)21-10-15-24(25(16-21)27(36)37)26(35)17-2-6-19(7-3-17)33-41(38,39)23-13-11-22(12-14-23)40-28(30,31)32/h2-16,33H,1H3,(H,36,37). The summed E-state index contributed by atoms with van der Waals surface area (Å²) in [5.41, 5.74) is 1.13. The summed E-state index contributed by atoms with van der Waals surface area (Å²) in [4.78, 5) is 26.6. The van der Waals surface area contributed by atoms with Crippen molar-refractivity contribution in [3.8, 4) is 5.75 Å². The number of carbonyl (C=O) groups excluding carboxylic acids is 1. The SMILES string of the molecule is CN(c1ccc(Cl)cc1)c1ccc(C(=O)c2ccc(NS(=O)(=O)c3ccc(OC(F)(F)F)cc3)cc2)c(C(=O)O)c1. The van der Waals surface area contributed by atoms with Gasteiger partial charge >= 0.3 is 12.3 Å². The monoisotopic (exact) mass is 604 g/mol. The van der Waals surface area contributed by atoms with Crippen LogP contribution in [0.4, 0.5) is 30.2 Å². The first-order valence-corrected chi connectivity index (χ1v) is 13.5. The smallest absolute Gasteiger partial charge is 0.478 e. The number of hydrogen-bond acceptors (Lipinski definition) is 6. The Kier molecular flexibility index (Phi) is 8.27. The van der Waals surface area contributed by atoms with Gasteiger partial charge in [0.25, 0.3) is 10.0 Å². The number of ether oxygens (including phenoxy) is 1. The fourth-order valence-electron chi connectivity index (χ4n) is 3.81. The minimum atomic E-state index is -4.92. The van der Waals surface area contributed by atoms with E-state index >= 15 is 0 Å². The molecule has 13 heteroatoms. The van der Waals surface area contributed by atoms with Gasteiger partial charge in [-0.1, -0.05) is 11.6 Å². The summed E-state index contributed by atoms with van der Waals surface area (Å²) in [6, 6.07) is 20.1. The molecule has 0 heterocycles. The number of sulfonamides is 1. The number of ketones is 1. The summed E-state index contributed by atoms with van der Waals surface area (Å²) in [5, 5.41) is 10.3. The Balaban J connectivity index is 1.52. The van der Waals surface area contributed by atoms with E-state index in [1.54, 1.807) is 42.3 Å². The number of benzene rings is 4. The van der Waals surface area contributed by atoms with E-state index in [0.29, 0.717) is 10.7 Å². The number of nitrogens with zero attached hydrogens (tertiary/aromatic N) is 1. The Morgan fingerprint density at radius 1 is 0.854 bits per heavy atom. The molecule has 41 heavy (non-hydrogen) atoms. The maximum Gasteiger partial charge on any atom is 0.573 e. The zero-order chi connectivity index (χ0) is 29.9. The second-order valence-electron chi connectivity index (χ2n) is 8.60. The first-order valence-electron chi connectivity index (χ1n) is 11.6. The molecule has 0 aliphatic rings. The van der Waals surface area contributed by atoms with Gasteiger partial charge < -0.3 is 14.7 Å². The van der Waals surface area contributed by atoms with Gasteiger partial charge in [0.15, 0.2) is 5.78 Å². The molecule has 0 aliphatic carbocycles. The van der Waals surface area contributed by atoms with Gasteiger partial charge in [-0.15, -0.1) is 13.2 Å². The maximum atomic E-state index is 13.2.